The Morgan fingerprint density at radius 1 is 1.18 bits per heavy atom. The lowest BCUT2D eigenvalue weighted by Gasteiger charge is -2.14. The number of aromatic nitrogens is 1. The van der Waals surface area contributed by atoms with Gasteiger partial charge in [0, 0.05) is 29.7 Å². The van der Waals surface area contributed by atoms with Crippen molar-refractivity contribution < 1.29 is 5.11 Å². The lowest BCUT2D eigenvalue weighted by molar-refractivity contribution is 0.184. The standard InChI is InChI=1S/C21H23ClN4OS/c1-2-23-21(26-14-18(27)19-9-10-20(22)28-19)25-13-15-6-5-7-16(12-15)17-8-3-4-11-24-17/h3-12,18,27H,2,13-14H2,1H3,(H2,23,25,26). The van der Waals surface area contributed by atoms with Gasteiger partial charge in [-0.2, -0.15) is 0 Å². The molecule has 0 spiro atoms. The van der Waals surface area contributed by atoms with Gasteiger partial charge in [-0.3, -0.25) is 4.98 Å². The number of aliphatic hydroxyl groups is 1. The van der Waals surface area contributed by atoms with Crippen LogP contribution in [-0.4, -0.2) is 29.1 Å². The minimum atomic E-state index is -0.631. The summed E-state index contributed by atoms with van der Waals surface area (Å²) in [7, 11) is 0. The maximum atomic E-state index is 10.3. The zero-order chi connectivity index (χ0) is 19.8. The van der Waals surface area contributed by atoms with Crippen LogP contribution in [0.2, 0.25) is 4.34 Å². The maximum absolute atomic E-state index is 10.3. The summed E-state index contributed by atoms with van der Waals surface area (Å²) in [6.45, 7) is 3.63. The molecule has 28 heavy (non-hydrogen) atoms. The van der Waals surface area contributed by atoms with Gasteiger partial charge in [0.1, 0.15) is 6.10 Å². The second-order valence-electron chi connectivity index (χ2n) is 6.15. The molecule has 1 atom stereocenters. The van der Waals surface area contributed by atoms with Crippen molar-refractivity contribution in [3.05, 3.63) is 75.6 Å². The van der Waals surface area contributed by atoms with Gasteiger partial charge < -0.3 is 15.7 Å². The first-order valence-electron chi connectivity index (χ1n) is 9.11. The number of benzene rings is 1. The van der Waals surface area contributed by atoms with Crippen molar-refractivity contribution in [2.45, 2.75) is 19.6 Å². The van der Waals surface area contributed by atoms with Crippen LogP contribution >= 0.6 is 22.9 Å². The van der Waals surface area contributed by atoms with Gasteiger partial charge >= 0.3 is 0 Å². The Balaban J connectivity index is 1.64. The van der Waals surface area contributed by atoms with Crippen LogP contribution in [0.1, 0.15) is 23.5 Å². The first-order chi connectivity index (χ1) is 13.7. The van der Waals surface area contributed by atoms with E-state index in [2.05, 4.69) is 26.7 Å². The number of halogens is 1. The van der Waals surface area contributed by atoms with E-state index in [4.69, 9.17) is 11.6 Å². The largest absolute Gasteiger partial charge is 0.386 e. The minimum absolute atomic E-state index is 0.358. The van der Waals surface area contributed by atoms with E-state index in [0.717, 1.165) is 28.2 Å². The van der Waals surface area contributed by atoms with Crippen LogP contribution in [0, 0.1) is 0 Å². The molecule has 0 radical (unpaired) electrons. The van der Waals surface area contributed by atoms with Crippen molar-refractivity contribution in [2.24, 2.45) is 4.99 Å². The molecule has 1 unspecified atom stereocenters. The van der Waals surface area contributed by atoms with Crippen LogP contribution in [0.25, 0.3) is 11.3 Å². The highest BCUT2D eigenvalue weighted by molar-refractivity contribution is 7.16. The zero-order valence-electron chi connectivity index (χ0n) is 15.6. The van der Waals surface area contributed by atoms with Crippen LogP contribution in [0.5, 0.6) is 0 Å². The number of pyridine rings is 1. The Hall–Kier alpha value is -2.41. The van der Waals surface area contributed by atoms with Crippen LogP contribution < -0.4 is 10.6 Å². The number of nitrogens with zero attached hydrogens (tertiary/aromatic N) is 2. The summed E-state index contributed by atoms with van der Waals surface area (Å²) in [5, 5.41) is 16.7. The molecule has 3 aromatic rings. The summed E-state index contributed by atoms with van der Waals surface area (Å²) in [6.07, 6.45) is 1.16. The smallest absolute Gasteiger partial charge is 0.191 e. The van der Waals surface area contributed by atoms with E-state index in [0.29, 0.717) is 23.4 Å². The number of rotatable bonds is 7. The molecule has 2 heterocycles. The van der Waals surface area contributed by atoms with Gasteiger partial charge in [-0.1, -0.05) is 35.9 Å². The molecule has 7 heteroatoms. The molecule has 0 saturated heterocycles. The van der Waals surface area contributed by atoms with Crippen LogP contribution in [-0.2, 0) is 6.54 Å². The van der Waals surface area contributed by atoms with Gasteiger partial charge in [0.15, 0.2) is 5.96 Å². The van der Waals surface area contributed by atoms with E-state index in [1.54, 1.807) is 12.3 Å². The van der Waals surface area contributed by atoms with Crippen molar-refractivity contribution in [1.82, 2.24) is 15.6 Å². The summed E-state index contributed by atoms with van der Waals surface area (Å²) in [6, 6.07) is 17.7. The van der Waals surface area contributed by atoms with Gasteiger partial charge in [0.05, 0.1) is 16.6 Å². The summed E-state index contributed by atoms with van der Waals surface area (Å²) >= 11 is 7.32. The Labute approximate surface area is 174 Å². The van der Waals surface area contributed by atoms with Gasteiger partial charge in [0.2, 0.25) is 0 Å². The molecule has 146 valence electrons. The molecule has 0 aliphatic rings. The molecule has 1 aromatic carbocycles. The molecule has 3 N–H and O–H groups in total. The fraction of sp³-hybridized carbons (Fsp3) is 0.238. The van der Waals surface area contributed by atoms with E-state index in [1.165, 1.54) is 11.3 Å². The minimum Gasteiger partial charge on any atom is -0.386 e. The maximum Gasteiger partial charge on any atom is 0.191 e. The molecule has 0 fully saturated rings. The normalized spacial score (nSPS) is 12.6. The number of thiophene rings is 1. The number of nitrogens with one attached hydrogen (secondary N) is 2. The van der Waals surface area contributed by atoms with Gasteiger partial charge in [-0.25, -0.2) is 4.99 Å². The third-order valence-corrected chi connectivity index (χ3v) is 5.37. The number of hydrogen-bond donors (Lipinski definition) is 3. The lowest BCUT2D eigenvalue weighted by Crippen LogP contribution is -2.39. The van der Waals surface area contributed by atoms with Crippen molar-refractivity contribution >= 4 is 28.9 Å². The van der Waals surface area contributed by atoms with Crippen molar-refractivity contribution in [3.63, 3.8) is 0 Å². The summed E-state index contributed by atoms with van der Waals surface area (Å²) in [5.41, 5.74) is 3.10. The SMILES string of the molecule is CCNC(=NCc1cccc(-c2ccccn2)c1)NCC(O)c1ccc(Cl)s1. The predicted molar refractivity (Wildman–Crippen MR) is 117 cm³/mol. The molecule has 5 nitrogen and oxygen atoms in total. The van der Waals surface area contributed by atoms with Gasteiger partial charge in [0.25, 0.3) is 0 Å². The van der Waals surface area contributed by atoms with E-state index < -0.39 is 6.10 Å². The number of aliphatic imine (C=N–C) groups is 1. The third kappa shape index (κ3) is 5.79. The van der Waals surface area contributed by atoms with E-state index in [1.807, 2.05) is 49.4 Å². The highest BCUT2D eigenvalue weighted by Crippen LogP contribution is 2.26. The molecule has 0 saturated carbocycles. The van der Waals surface area contributed by atoms with Gasteiger partial charge in [-0.15, -0.1) is 11.3 Å². The monoisotopic (exact) mass is 414 g/mol. The molecule has 2 aromatic heterocycles. The van der Waals surface area contributed by atoms with E-state index >= 15 is 0 Å². The highest BCUT2D eigenvalue weighted by atomic mass is 35.5. The number of aliphatic hydroxyl groups excluding tert-OH is 1. The van der Waals surface area contributed by atoms with Crippen LogP contribution in [0.3, 0.4) is 0 Å². The quantitative estimate of drug-likeness (QED) is 0.399. The first kappa shape index (κ1) is 20.3. The predicted octanol–water partition coefficient (Wildman–Crippen LogP) is 4.25. The van der Waals surface area contributed by atoms with Crippen LogP contribution in [0.15, 0.2) is 65.8 Å². The molecular weight excluding hydrogens is 392 g/mol. The van der Waals surface area contributed by atoms with Crippen molar-refractivity contribution in [2.75, 3.05) is 13.1 Å². The summed E-state index contributed by atoms with van der Waals surface area (Å²) in [4.78, 5) is 9.86. The van der Waals surface area contributed by atoms with E-state index in [9.17, 15) is 5.11 Å². The second-order valence-corrected chi connectivity index (χ2v) is 7.90. The Morgan fingerprint density at radius 3 is 2.79 bits per heavy atom. The summed E-state index contributed by atoms with van der Waals surface area (Å²) in [5.74, 6) is 0.660. The number of guanidine groups is 1. The molecule has 0 bridgehead atoms. The molecule has 0 aliphatic carbocycles. The lowest BCUT2D eigenvalue weighted by atomic mass is 10.1. The summed E-state index contributed by atoms with van der Waals surface area (Å²) < 4.78 is 0.669. The fourth-order valence-corrected chi connectivity index (χ4v) is 3.72. The molecular formula is C21H23ClN4OS. The Bertz CT molecular complexity index is 914. The van der Waals surface area contributed by atoms with Crippen molar-refractivity contribution in [3.8, 4) is 11.3 Å². The fourth-order valence-electron chi connectivity index (χ4n) is 2.68. The first-order valence-corrected chi connectivity index (χ1v) is 10.3. The van der Waals surface area contributed by atoms with E-state index in [-0.39, 0.29) is 0 Å². The average molecular weight is 415 g/mol. The molecule has 0 aliphatic heterocycles. The molecule has 3 rings (SSSR count). The highest BCUT2D eigenvalue weighted by Gasteiger charge is 2.11. The topological polar surface area (TPSA) is 69.5 Å². The third-order valence-electron chi connectivity index (χ3n) is 4.04. The Morgan fingerprint density at radius 2 is 2.07 bits per heavy atom. The van der Waals surface area contributed by atoms with Crippen molar-refractivity contribution in [1.29, 1.82) is 0 Å². The van der Waals surface area contributed by atoms with Crippen LogP contribution in [0.4, 0.5) is 0 Å². The average Bonchev–Trinajstić information content (AvgIpc) is 3.17. The number of hydrogen-bond acceptors (Lipinski definition) is 4. The van der Waals surface area contributed by atoms with Gasteiger partial charge in [-0.05, 0) is 42.8 Å². The zero-order valence-corrected chi connectivity index (χ0v) is 17.2. The second kappa shape index (κ2) is 10.2. The Kier molecular flexibility index (Phi) is 7.42. The molecule has 0 amide bonds.